The van der Waals surface area contributed by atoms with Crippen molar-refractivity contribution in [2.45, 2.75) is 38.1 Å². The first-order chi connectivity index (χ1) is 14.4. The molecule has 0 saturated carbocycles. The molecule has 0 atom stereocenters. The number of nitrogens with one attached hydrogen (secondary N) is 2. The molecule has 0 spiro atoms. The molecule has 3 aromatic rings. The Bertz CT molecular complexity index is 1120. The largest absolute Gasteiger partial charge is 0.381 e. The Hall–Kier alpha value is -3.20. The van der Waals surface area contributed by atoms with E-state index in [1.807, 2.05) is 39.1 Å². The molecule has 2 N–H and O–H groups in total. The lowest BCUT2D eigenvalue weighted by atomic mass is 9.86. The van der Waals surface area contributed by atoms with E-state index in [0.717, 1.165) is 48.8 Å². The van der Waals surface area contributed by atoms with Gasteiger partial charge in [-0.25, -0.2) is 9.50 Å². The predicted molar refractivity (Wildman–Crippen MR) is 114 cm³/mol. The molecule has 0 aliphatic carbocycles. The monoisotopic (exact) mass is 407 g/mol. The Labute approximate surface area is 174 Å². The van der Waals surface area contributed by atoms with Gasteiger partial charge in [-0.05, 0) is 44.4 Å². The quantitative estimate of drug-likeness (QED) is 0.686. The number of carbonyl (C=O) groups excluding carboxylic acids is 1. The molecular formula is C21H25N7O2. The van der Waals surface area contributed by atoms with E-state index in [-0.39, 0.29) is 5.91 Å². The second-order valence-electron chi connectivity index (χ2n) is 8.37. The number of anilines is 4. The number of amides is 1. The summed E-state index contributed by atoms with van der Waals surface area (Å²) in [7, 11) is 2.05. The average Bonchev–Trinajstić information content (AvgIpc) is 3.25. The number of ether oxygens (including phenoxy) is 1. The zero-order valence-electron chi connectivity index (χ0n) is 17.3. The maximum Gasteiger partial charge on any atom is 0.247 e. The molecule has 1 fully saturated rings. The maximum atomic E-state index is 12.2. The first kappa shape index (κ1) is 18.8. The van der Waals surface area contributed by atoms with Gasteiger partial charge in [-0.3, -0.25) is 4.79 Å². The Morgan fingerprint density at radius 2 is 2.10 bits per heavy atom. The van der Waals surface area contributed by atoms with Gasteiger partial charge in [-0.1, -0.05) is 6.07 Å². The normalized spacial score (nSPS) is 18.3. The highest BCUT2D eigenvalue weighted by Gasteiger charge is 2.38. The van der Waals surface area contributed by atoms with Gasteiger partial charge >= 0.3 is 0 Å². The molecule has 5 rings (SSSR count). The molecule has 2 aromatic heterocycles. The van der Waals surface area contributed by atoms with Gasteiger partial charge in [-0.15, -0.1) is 5.10 Å². The Balaban J connectivity index is 1.43. The van der Waals surface area contributed by atoms with Crippen LogP contribution < -0.4 is 15.5 Å². The van der Waals surface area contributed by atoms with E-state index < -0.39 is 5.41 Å². The highest BCUT2D eigenvalue weighted by molar-refractivity contribution is 6.06. The van der Waals surface area contributed by atoms with Crippen LogP contribution in [0.25, 0.3) is 5.65 Å². The summed E-state index contributed by atoms with van der Waals surface area (Å²) in [5.74, 6) is 1.29. The van der Waals surface area contributed by atoms with Gasteiger partial charge in [0, 0.05) is 50.1 Å². The van der Waals surface area contributed by atoms with Crippen molar-refractivity contribution in [3.05, 3.63) is 36.2 Å². The molecule has 2 aliphatic heterocycles. The molecule has 4 heterocycles. The predicted octanol–water partition coefficient (Wildman–Crippen LogP) is 2.71. The van der Waals surface area contributed by atoms with Gasteiger partial charge in [0.15, 0.2) is 11.5 Å². The smallest absolute Gasteiger partial charge is 0.247 e. The Kier molecular flexibility index (Phi) is 4.35. The first-order valence-corrected chi connectivity index (χ1v) is 10.2. The number of hydrogen-bond acceptors (Lipinski definition) is 7. The zero-order valence-corrected chi connectivity index (χ0v) is 17.3. The summed E-state index contributed by atoms with van der Waals surface area (Å²) in [5, 5.41) is 10.7. The topological polar surface area (TPSA) is 96.7 Å². The maximum absolute atomic E-state index is 12.2. The van der Waals surface area contributed by atoms with Crippen LogP contribution in [0, 0.1) is 0 Å². The molecule has 0 unspecified atom stereocenters. The third-order valence-corrected chi connectivity index (χ3v) is 6.07. The lowest BCUT2D eigenvalue weighted by molar-refractivity contribution is -0.119. The third-order valence-electron chi connectivity index (χ3n) is 6.07. The number of carbonyl (C=O) groups is 1. The van der Waals surface area contributed by atoms with Crippen molar-refractivity contribution in [3.63, 3.8) is 0 Å². The number of fused-ring (bicyclic) bond motifs is 2. The molecular weight excluding hydrogens is 382 g/mol. The van der Waals surface area contributed by atoms with Gasteiger partial charge in [0.05, 0.1) is 5.41 Å². The average molecular weight is 407 g/mol. The SMILES string of the molecule is CN(c1nccn2nc(Nc3ccc4c(c3)NC(=O)C4(C)C)nc12)C1CCOCC1. The fraction of sp³-hybridized carbons (Fsp3) is 0.429. The van der Waals surface area contributed by atoms with Gasteiger partial charge in [0.25, 0.3) is 0 Å². The van der Waals surface area contributed by atoms with Crippen molar-refractivity contribution >= 4 is 34.7 Å². The van der Waals surface area contributed by atoms with Crippen LogP contribution in [-0.4, -0.2) is 51.8 Å². The number of benzene rings is 1. The lowest BCUT2D eigenvalue weighted by Gasteiger charge is -2.31. The summed E-state index contributed by atoms with van der Waals surface area (Å²) < 4.78 is 7.21. The summed E-state index contributed by atoms with van der Waals surface area (Å²) in [6, 6.07) is 6.20. The summed E-state index contributed by atoms with van der Waals surface area (Å²) >= 11 is 0. The van der Waals surface area contributed by atoms with Crippen molar-refractivity contribution in [2.75, 3.05) is 35.8 Å². The van der Waals surface area contributed by atoms with E-state index in [9.17, 15) is 4.79 Å². The van der Waals surface area contributed by atoms with Crippen molar-refractivity contribution < 1.29 is 9.53 Å². The zero-order chi connectivity index (χ0) is 20.9. The van der Waals surface area contributed by atoms with Gasteiger partial charge in [0.2, 0.25) is 11.9 Å². The van der Waals surface area contributed by atoms with Crippen molar-refractivity contribution in [1.29, 1.82) is 0 Å². The van der Waals surface area contributed by atoms with Crippen molar-refractivity contribution in [1.82, 2.24) is 19.6 Å². The molecule has 1 saturated heterocycles. The minimum atomic E-state index is -0.523. The minimum absolute atomic E-state index is 0.00683. The van der Waals surface area contributed by atoms with Crippen LogP contribution in [-0.2, 0) is 14.9 Å². The van der Waals surface area contributed by atoms with Crippen LogP contribution in [0.1, 0.15) is 32.3 Å². The van der Waals surface area contributed by atoms with Crippen LogP contribution in [0.2, 0.25) is 0 Å². The van der Waals surface area contributed by atoms with Gasteiger partial charge in [0.1, 0.15) is 0 Å². The second-order valence-corrected chi connectivity index (χ2v) is 8.37. The van der Waals surface area contributed by atoms with E-state index in [1.54, 1.807) is 16.9 Å². The van der Waals surface area contributed by atoms with Crippen LogP contribution in [0.15, 0.2) is 30.6 Å². The summed E-state index contributed by atoms with van der Waals surface area (Å²) in [4.78, 5) is 23.6. The summed E-state index contributed by atoms with van der Waals surface area (Å²) in [6.07, 6.45) is 5.47. The molecule has 30 heavy (non-hydrogen) atoms. The fourth-order valence-electron chi connectivity index (χ4n) is 4.15. The number of hydrogen-bond donors (Lipinski definition) is 2. The lowest BCUT2D eigenvalue weighted by Crippen LogP contribution is -2.37. The van der Waals surface area contributed by atoms with Gasteiger partial charge in [-0.2, -0.15) is 4.98 Å². The van der Waals surface area contributed by atoms with E-state index >= 15 is 0 Å². The molecule has 1 amide bonds. The van der Waals surface area contributed by atoms with E-state index in [0.29, 0.717) is 17.6 Å². The number of nitrogens with zero attached hydrogens (tertiary/aromatic N) is 5. The van der Waals surface area contributed by atoms with E-state index in [2.05, 4.69) is 30.6 Å². The Morgan fingerprint density at radius 1 is 1.30 bits per heavy atom. The van der Waals surface area contributed by atoms with E-state index in [4.69, 9.17) is 4.74 Å². The van der Waals surface area contributed by atoms with Crippen LogP contribution >= 0.6 is 0 Å². The summed E-state index contributed by atoms with van der Waals surface area (Å²) in [5.41, 5.74) is 2.80. The summed E-state index contributed by atoms with van der Waals surface area (Å²) in [6.45, 7) is 5.38. The van der Waals surface area contributed by atoms with E-state index in [1.165, 1.54) is 0 Å². The first-order valence-electron chi connectivity index (χ1n) is 10.2. The van der Waals surface area contributed by atoms with Crippen molar-refractivity contribution in [2.24, 2.45) is 0 Å². The molecule has 1 aromatic carbocycles. The van der Waals surface area contributed by atoms with Crippen molar-refractivity contribution in [3.8, 4) is 0 Å². The molecule has 156 valence electrons. The minimum Gasteiger partial charge on any atom is -0.381 e. The highest BCUT2D eigenvalue weighted by atomic mass is 16.5. The molecule has 9 nitrogen and oxygen atoms in total. The highest BCUT2D eigenvalue weighted by Crippen LogP contribution is 2.39. The Morgan fingerprint density at radius 3 is 2.90 bits per heavy atom. The molecule has 0 radical (unpaired) electrons. The third kappa shape index (κ3) is 3.06. The van der Waals surface area contributed by atoms with Crippen LogP contribution in [0.5, 0.6) is 0 Å². The fourth-order valence-corrected chi connectivity index (χ4v) is 4.15. The molecule has 2 aliphatic rings. The number of rotatable bonds is 4. The molecule has 9 heteroatoms. The van der Waals surface area contributed by atoms with Gasteiger partial charge < -0.3 is 20.3 Å². The van der Waals surface area contributed by atoms with Crippen LogP contribution in [0.4, 0.5) is 23.1 Å². The second kappa shape index (κ2) is 6.94. The number of aromatic nitrogens is 4. The molecule has 0 bridgehead atoms. The van der Waals surface area contributed by atoms with Crippen LogP contribution in [0.3, 0.4) is 0 Å². The standard InChI is InChI=1S/C21H25N7O2/c1-21(2)15-5-4-13(12-16(15)24-19(21)29)23-20-25-18-17(22-8-9-28(18)26-20)27(3)14-6-10-30-11-7-14/h4-5,8-9,12,14H,6-7,10-11H2,1-3H3,(H,23,26)(H,24,29).